The highest BCUT2D eigenvalue weighted by Crippen LogP contribution is 2.35. The van der Waals surface area contributed by atoms with Crippen molar-refractivity contribution in [2.24, 2.45) is 0 Å². The highest BCUT2D eigenvalue weighted by Gasteiger charge is 2.34. The number of alkyl halides is 3. The van der Waals surface area contributed by atoms with Gasteiger partial charge in [0, 0.05) is 28.7 Å². The lowest BCUT2D eigenvalue weighted by atomic mass is 9.90. The van der Waals surface area contributed by atoms with Crippen LogP contribution in [0, 0.1) is 5.82 Å². The number of nitrogens with one attached hydrogen (secondary N) is 2. The number of carbonyl (C=O) groups is 1. The molecule has 174 valence electrons. The molecule has 2 N–H and O–H groups in total. The molecule has 1 fully saturated rings. The molecule has 2 aromatic carbocycles. The number of rotatable bonds is 5. The number of fused-ring (bicyclic) bond motifs is 1. The molecule has 4 rings (SSSR count). The van der Waals surface area contributed by atoms with Gasteiger partial charge in [0.1, 0.15) is 11.5 Å². The first-order chi connectivity index (χ1) is 15.7. The van der Waals surface area contributed by atoms with Gasteiger partial charge in [-0.2, -0.15) is 13.2 Å². The van der Waals surface area contributed by atoms with Crippen molar-refractivity contribution in [2.45, 2.75) is 57.3 Å². The SMILES string of the molecule is CCc1ccc2nc(C(F)(F)F)cc(N[C@H]3CC[C@@H](NC(=O)c4ccc(F)cc4)CC3)c2c1. The zero-order valence-electron chi connectivity index (χ0n) is 18.2. The Hall–Kier alpha value is -3.16. The van der Waals surface area contributed by atoms with Crippen molar-refractivity contribution in [3.8, 4) is 0 Å². The summed E-state index contributed by atoms with van der Waals surface area (Å²) in [5.41, 5.74) is 1.25. The minimum Gasteiger partial charge on any atom is -0.382 e. The molecule has 1 aliphatic rings. The highest BCUT2D eigenvalue weighted by molar-refractivity contribution is 5.94. The average molecular weight is 459 g/mol. The molecule has 0 bridgehead atoms. The van der Waals surface area contributed by atoms with E-state index in [-0.39, 0.29) is 18.0 Å². The van der Waals surface area contributed by atoms with Crippen LogP contribution in [0.5, 0.6) is 0 Å². The summed E-state index contributed by atoms with van der Waals surface area (Å²) in [6.07, 6.45) is -0.967. The second kappa shape index (κ2) is 9.37. The van der Waals surface area contributed by atoms with Crippen molar-refractivity contribution < 1.29 is 22.4 Å². The molecule has 1 heterocycles. The summed E-state index contributed by atoms with van der Waals surface area (Å²) < 4.78 is 53.3. The molecule has 8 heteroatoms. The van der Waals surface area contributed by atoms with Crippen molar-refractivity contribution in [1.29, 1.82) is 0 Å². The Kier molecular flexibility index (Phi) is 6.54. The molecular formula is C25H25F4N3O. The first-order valence-electron chi connectivity index (χ1n) is 11.1. The molecule has 0 saturated heterocycles. The monoisotopic (exact) mass is 459 g/mol. The summed E-state index contributed by atoms with van der Waals surface area (Å²) in [6.45, 7) is 1.99. The van der Waals surface area contributed by atoms with E-state index in [9.17, 15) is 22.4 Å². The predicted molar refractivity (Wildman–Crippen MR) is 120 cm³/mol. The van der Waals surface area contributed by atoms with Crippen LogP contribution in [0.25, 0.3) is 10.9 Å². The third-order valence-electron chi connectivity index (χ3n) is 6.10. The van der Waals surface area contributed by atoms with Gasteiger partial charge in [0.2, 0.25) is 0 Å². The molecule has 0 radical (unpaired) electrons. The average Bonchev–Trinajstić information content (AvgIpc) is 2.79. The molecule has 0 aliphatic heterocycles. The third-order valence-corrected chi connectivity index (χ3v) is 6.10. The largest absolute Gasteiger partial charge is 0.433 e. The second-order valence-electron chi connectivity index (χ2n) is 8.43. The van der Waals surface area contributed by atoms with Gasteiger partial charge in [0.05, 0.1) is 5.52 Å². The lowest BCUT2D eigenvalue weighted by Gasteiger charge is -2.31. The molecule has 33 heavy (non-hydrogen) atoms. The number of aromatic nitrogens is 1. The Labute approximate surface area is 189 Å². The molecule has 1 aliphatic carbocycles. The van der Waals surface area contributed by atoms with Gasteiger partial charge in [0.25, 0.3) is 5.91 Å². The maximum Gasteiger partial charge on any atom is 0.433 e. The Morgan fingerprint density at radius 2 is 1.67 bits per heavy atom. The summed E-state index contributed by atoms with van der Waals surface area (Å²) >= 11 is 0. The summed E-state index contributed by atoms with van der Waals surface area (Å²) in [6, 6.07) is 11.7. The van der Waals surface area contributed by atoms with Crippen LogP contribution >= 0.6 is 0 Å². The highest BCUT2D eigenvalue weighted by atomic mass is 19.4. The Balaban J connectivity index is 1.45. The van der Waals surface area contributed by atoms with Crippen LogP contribution in [-0.2, 0) is 12.6 Å². The van der Waals surface area contributed by atoms with E-state index >= 15 is 0 Å². The molecule has 1 saturated carbocycles. The van der Waals surface area contributed by atoms with Crippen LogP contribution in [0.3, 0.4) is 0 Å². The lowest BCUT2D eigenvalue weighted by molar-refractivity contribution is -0.140. The lowest BCUT2D eigenvalue weighted by Crippen LogP contribution is -2.40. The fraction of sp³-hybridized carbons (Fsp3) is 0.360. The third kappa shape index (κ3) is 5.43. The number of amides is 1. The van der Waals surface area contributed by atoms with Crippen LogP contribution in [0.1, 0.15) is 54.2 Å². The van der Waals surface area contributed by atoms with Crippen LogP contribution in [0.15, 0.2) is 48.5 Å². The molecule has 1 aromatic heterocycles. The maximum absolute atomic E-state index is 13.4. The topological polar surface area (TPSA) is 54.0 Å². The molecule has 3 aromatic rings. The van der Waals surface area contributed by atoms with Crippen LogP contribution in [0.4, 0.5) is 23.2 Å². The molecule has 0 atom stereocenters. The Bertz CT molecular complexity index is 1140. The van der Waals surface area contributed by atoms with Gasteiger partial charge < -0.3 is 10.6 Å². The number of anilines is 1. The number of benzene rings is 2. The number of pyridine rings is 1. The van der Waals surface area contributed by atoms with E-state index in [2.05, 4.69) is 15.6 Å². The summed E-state index contributed by atoms with van der Waals surface area (Å²) in [5, 5.41) is 6.94. The van der Waals surface area contributed by atoms with E-state index in [1.807, 2.05) is 13.0 Å². The quantitative estimate of drug-likeness (QED) is 0.453. The van der Waals surface area contributed by atoms with Gasteiger partial charge >= 0.3 is 6.18 Å². The normalized spacial score (nSPS) is 18.8. The molecule has 0 unspecified atom stereocenters. The number of carbonyl (C=O) groups excluding carboxylic acids is 1. The Morgan fingerprint density at radius 1 is 1.00 bits per heavy atom. The maximum atomic E-state index is 13.4. The zero-order valence-corrected chi connectivity index (χ0v) is 18.2. The van der Waals surface area contributed by atoms with Crippen LogP contribution in [0.2, 0.25) is 0 Å². The number of halogens is 4. The van der Waals surface area contributed by atoms with Gasteiger partial charge in [-0.05, 0) is 80.1 Å². The van der Waals surface area contributed by atoms with Crippen molar-refractivity contribution >= 4 is 22.5 Å². The van der Waals surface area contributed by atoms with E-state index in [4.69, 9.17) is 0 Å². The van der Waals surface area contributed by atoms with Crippen molar-refractivity contribution in [2.75, 3.05) is 5.32 Å². The summed E-state index contributed by atoms with van der Waals surface area (Å²) in [7, 11) is 0. The van der Waals surface area contributed by atoms with E-state index in [0.717, 1.165) is 18.1 Å². The van der Waals surface area contributed by atoms with Gasteiger partial charge in [-0.15, -0.1) is 0 Å². The summed E-state index contributed by atoms with van der Waals surface area (Å²) in [5.74, 6) is -0.657. The zero-order chi connectivity index (χ0) is 23.6. The molecule has 0 spiro atoms. The fourth-order valence-corrected chi connectivity index (χ4v) is 4.23. The standard InChI is InChI=1S/C25H25F4N3O/c1-2-15-3-12-21-20(13-15)22(14-23(32-21)25(27,28)29)30-18-8-10-19(11-9-18)31-24(33)16-4-6-17(26)7-5-16/h3-7,12-14,18-19H,2,8-11H2,1H3,(H,30,32)(H,31,33)/t18-,19+. The fourth-order valence-electron chi connectivity index (χ4n) is 4.23. The van der Waals surface area contributed by atoms with Gasteiger partial charge in [-0.3, -0.25) is 4.79 Å². The van der Waals surface area contributed by atoms with Crippen LogP contribution in [-0.4, -0.2) is 23.0 Å². The first-order valence-corrected chi connectivity index (χ1v) is 11.1. The van der Waals surface area contributed by atoms with E-state index in [1.54, 1.807) is 12.1 Å². The number of hydrogen-bond acceptors (Lipinski definition) is 3. The minimum absolute atomic E-state index is 0.0130. The van der Waals surface area contributed by atoms with Gasteiger partial charge in [-0.1, -0.05) is 13.0 Å². The van der Waals surface area contributed by atoms with Crippen LogP contribution < -0.4 is 10.6 Å². The van der Waals surface area contributed by atoms with Crippen molar-refractivity contribution in [3.63, 3.8) is 0 Å². The number of nitrogens with zero attached hydrogens (tertiary/aromatic N) is 1. The van der Waals surface area contributed by atoms with Gasteiger partial charge in [-0.25, -0.2) is 9.37 Å². The summed E-state index contributed by atoms with van der Waals surface area (Å²) in [4.78, 5) is 16.2. The van der Waals surface area contributed by atoms with E-state index in [1.165, 1.54) is 24.3 Å². The first kappa shape index (κ1) is 23.0. The molecule has 4 nitrogen and oxygen atoms in total. The van der Waals surface area contributed by atoms with Gasteiger partial charge in [0.15, 0.2) is 0 Å². The second-order valence-corrected chi connectivity index (χ2v) is 8.43. The predicted octanol–water partition coefficient (Wildman–Crippen LogP) is 6.11. The Morgan fingerprint density at radius 3 is 2.30 bits per heavy atom. The van der Waals surface area contributed by atoms with E-state index in [0.29, 0.717) is 47.8 Å². The van der Waals surface area contributed by atoms with Crippen molar-refractivity contribution in [3.05, 3.63) is 71.2 Å². The smallest absolute Gasteiger partial charge is 0.382 e. The molecular weight excluding hydrogens is 434 g/mol. The van der Waals surface area contributed by atoms with E-state index < -0.39 is 17.7 Å². The number of aryl methyl sites for hydroxylation is 1. The molecule has 1 amide bonds. The minimum atomic E-state index is -4.53. The number of hydrogen-bond donors (Lipinski definition) is 2. The van der Waals surface area contributed by atoms with Crippen molar-refractivity contribution in [1.82, 2.24) is 10.3 Å².